The van der Waals surface area contributed by atoms with E-state index in [9.17, 15) is 21.6 Å². The third-order valence-corrected chi connectivity index (χ3v) is 6.13. The van der Waals surface area contributed by atoms with Gasteiger partial charge in [-0.1, -0.05) is 13.3 Å². The number of sulfonamides is 2. The van der Waals surface area contributed by atoms with Crippen molar-refractivity contribution in [3.8, 4) is 0 Å². The molecule has 0 aromatic heterocycles. The zero-order valence-electron chi connectivity index (χ0n) is 13.2. The van der Waals surface area contributed by atoms with E-state index in [-0.39, 0.29) is 9.79 Å². The van der Waals surface area contributed by atoms with Crippen LogP contribution in [-0.2, 0) is 20.0 Å². The summed E-state index contributed by atoms with van der Waals surface area (Å²) < 4.78 is 50.8. The van der Waals surface area contributed by atoms with Crippen molar-refractivity contribution in [2.24, 2.45) is 0 Å². The van der Waals surface area contributed by atoms with Crippen molar-refractivity contribution in [2.75, 3.05) is 20.6 Å². The minimum Gasteiger partial charge on any atom is -0.337 e. The van der Waals surface area contributed by atoms with Gasteiger partial charge in [-0.25, -0.2) is 30.7 Å². The maximum Gasteiger partial charge on any atom is 0.328 e. The summed E-state index contributed by atoms with van der Waals surface area (Å²) in [5, 5.41) is 2.43. The molecular weight excluding hydrogens is 342 g/mol. The molecule has 0 bridgehead atoms. The normalized spacial score (nSPS) is 12.2. The van der Waals surface area contributed by atoms with E-state index in [1.54, 1.807) is 0 Å². The van der Waals surface area contributed by atoms with E-state index >= 15 is 0 Å². The summed E-state index contributed by atoms with van der Waals surface area (Å²) in [6.45, 7) is 2.32. The monoisotopic (exact) mass is 363 g/mol. The van der Waals surface area contributed by atoms with Crippen molar-refractivity contribution in [2.45, 2.75) is 29.6 Å². The average molecular weight is 363 g/mol. The van der Waals surface area contributed by atoms with Crippen LogP contribution in [0, 0.1) is 0 Å². The number of unbranched alkanes of at least 4 members (excludes halogenated alkanes) is 1. The van der Waals surface area contributed by atoms with E-state index < -0.39 is 26.1 Å². The van der Waals surface area contributed by atoms with Crippen molar-refractivity contribution < 1.29 is 21.6 Å². The Labute approximate surface area is 137 Å². The van der Waals surface area contributed by atoms with E-state index in [1.807, 2.05) is 11.6 Å². The minimum absolute atomic E-state index is 0.0335. The molecule has 1 aromatic carbocycles. The SMILES string of the molecule is CCCCNC(=O)NS(=O)(=O)c1ccc(S(=O)(=O)N(C)C)cc1. The molecule has 0 aliphatic carbocycles. The number of hydrogen-bond acceptors (Lipinski definition) is 5. The number of benzene rings is 1. The molecule has 23 heavy (non-hydrogen) atoms. The van der Waals surface area contributed by atoms with Crippen LogP contribution in [0.4, 0.5) is 4.79 Å². The van der Waals surface area contributed by atoms with Crippen molar-refractivity contribution in [3.63, 3.8) is 0 Å². The molecule has 130 valence electrons. The maximum atomic E-state index is 12.0. The van der Waals surface area contributed by atoms with Crippen molar-refractivity contribution in [1.82, 2.24) is 14.3 Å². The molecular formula is C13H21N3O5S2. The number of nitrogens with zero attached hydrogens (tertiary/aromatic N) is 1. The second-order valence-electron chi connectivity index (χ2n) is 4.97. The number of hydrogen-bond donors (Lipinski definition) is 2. The Hall–Kier alpha value is -1.65. The highest BCUT2D eigenvalue weighted by atomic mass is 32.2. The van der Waals surface area contributed by atoms with Gasteiger partial charge in [-0.15, -0.1) is 0 Å². The van der Waals surface area contributed by atoms with E-state index in [4.69, 9.17) is 0 Å². The first kappa shape index (κ1) is 19.4. The van der Waals surface area contributed by atoms with E-state index in [2.05, 4.69) is 5.32 Å². The van der Waals surface area contributed by atoms with Gasteiger partial charge in [-0.05, 0) is 30.7 Å². The van der Waals surface area contributed by atoms with Crippen LogP contribution >= 0.6 is 0 Å². The van der Waals surface area contributed by atoms with Crippen molar-refractivity contribution >= 4 is 26.1 Å². The van der Waals surface area contributed by atoms with Gasteiger partial charge in [0.25, 0.3) is 10.0 Å². The third-order valence-electron chi connectivity index (χ3n) is 2.96. The van der Waals surface area contributed by atoms with Gasteiger partial charge in [-0.2, -0.15) is 0 Å². The summed E-state index contributed by atoms with van der Waals surface area (Å²) in [5.74, 6) is 0. The highest BCUT2D eigenvalue weighted by Crippen LogP contribution is 2.16. The first-order chi connectivity index (χ1) is 10.6. The summed E-state index contributed by atoms with van der Waals surface area (Å²) in [5.41, 5.74) is 0. The molecule has 0 atom stereocenters. The van der Waals surface area contributed by atoms with E-state index in [0.29, 0.717) is 6.54 Å². The van der Waals surface area contributed by atoms with Crippen LogP contribution in [0.3, 0.4) is 0 Å². The van der Waals surface area contributed by atoms with Crippen LogP contribution in [0.25, 0.3) is 0 Å². The lowest BCUT2D eigenvalue weighted by atomic mass is 10.3. The number of nitrogens with one attached hydrogen (secondary N) is 2. The Kier molecular flexibility index (Phi) is 6.54. The van der Waals surface area contributed by atoms with Crippen LogP contribution in [0.1, 0.15) is 19.8 Å². The van der Waals surface area contributed by atoms with Crippen molar-refractivity contribution in [3.05, 3.63) is 24.3 Å². The van der Waals surface area contributed by atoms with Crippen LogP contribution in [-0.4, -0.2) is 47.8 Å². The van der Waals surface area contributed by atoms with Crippen LogP contribution in [0.15, 0.2) is 34.1 Å². The molecule has 0 fully saturated rings. The molecule has 0 spiro atoms. The molecule has 0 saturated heterocycles. The molecule has 8 nitrogen and oxygen atoms in total. The summed E-state index contributed by atoms with van der Waals surface area (Å²) in [6.07, 6.45) is 1.61. The second kappa shape index (κ2) is 7.75. The molecule has 2 N–H and O–H groups in total. The summed E-state index contributed by atoms with van der Waals surface area (Å²) in [7, 11) is -4.93. The highest BCUT2D eigenvalue weighted by molar-refractivity contribution is 7.90. The standard InChI is InChI=1S/C13H21N3O5S2/c1-4-5-10-14-13(17)15-22(18,19)11-6-8-12(9-7-11)23(20,21)16(2)3/h6-9H,4-5,10H2,1-3H3,(H2,14,15,17). The first-order valence-corrected chi connectivity index (χ1v) is 9.87. The van der Waals surface area contributed by atoms with Gasteiger partial charge >= 0.3 is 6.03 Å². The van der Waals surface area contributed by atoms with Gasteiger partial charge < -0.3 is 5.32 Å². The lowest BCUT2D eigenvalue weighted by Gasteiger charge is -2.12. The topological polar surface area (TPSA) is 113 Å². The molecule has 0 aliphatic rings. The zero-order valence-corrected chi connectivity index (χ0v) is 14.9. The number of carbonyl (C=O) groups is 1. The molecule has 2 amide bonds. The quantitative estimate of drug-likeness (QED) is 0.693. The lowest BCUT2D eigenvalue weighted by molar-refractivity contribution is 0.245. The molecule has 1 rings (SSSR count). The molecule has 0 unspecified atom stereocenters. The smallest absolute Gasteiger partial charge is 0.328 e. The molecule has 0 heterocycles. The average Bonchev–Trinajstić information content (AvgIpc) is 2.47. The fraction of sp³-hybridized carbons (Fsp3) is 0.462. The predicted molar refractivity (Wildman–Crippen MR) is 85.9 cm³/mol. The fourth-order valence-electron chi connectivity index (χ4n) is 1.60. The van der Waals surface area contributed by atoms with Gasteiger partial charge in [0.15, 0.2) is 0 Å². The number of rotatable bonds is 7. The second-order valence-corrected chi connectivity index (χ2v) is 8.81. The third kappa shape index (κ3) is 5.19. The van der Waals surface area contributed by atoms with Gasteiger partial charge in [0.05, 0.1) is 9.79 Å². The lowest BCUT2D eigenvalue weighted by Crippen LogP contribution is -2.39. The fourth-order valence-corrected chi connectivity index (χ4v) is 3.43. The van der Waals surface area contributed by atoms with Crippen LogP contribution in [0.5, 0.6) is 0 Å². The van der Waals surface area contributed by atoms with Gasteiger partial charge in [-0.3, -0.25) is 0 Å². The van der Waals surface area contributed by atoms with E-state index in [1.165, 1.54) is 26.2 Å². The van der Waals surface area contributed by atoms with E-state index in [0.717, 1.165) is 29.3 Å². The molecule has 1 aromatic rings. The first-order valence-electron chi connectivity index (χ1n) is 6.94. The van der Waals surface area contributed by atoms with Crippen molar-refractivity contribution in [1.29, 1.82) is 0 Å². The molecule has 10 heteroatoms. The Morgan fingerprint density at radius 3 is 2.04 bits per heavy atom. The largest absolute Gasteiger partial charge is 0.337 e. The maximum absolute atomic E-state index is 12.0. The Morgan fingerprint density at radius 2 is 1.57 bits per heavy atom. The molecule has 0 aliphatic heterocycles. The Morgan fingerprint density at radius 1 is 1.04 bits per heavy atom. The number of amides is 2. The Balaban J connectivity index is 2.88. The Bertz CT molecular complexity index is 740. The van der Waals surface area contributed by atoms with Gasteiger partial charge in [0.2, 0.25) is 10.0 Å². The summed E-state index contributed by atoms with van der Waals surface area (Å²) >= 11 is 0. The van der Waals surface area contributed by atoms with Crippen LogP contribution < -0.4 is 10.0 Å². The number of urea groups is 1. The summed E-state index contributed by atoms with van der Waals surface area (Å²) in [6, 6.07) is 3.82. The highest BCUT2D eigenvalue weighted by Gasteiger charge is 2.20. The predicted octanol–water partition coefficient (Wildman–Crippen LogP) is 0.725. The minimum atomic E-state index is -4.05. The van der Waals surface area contributed by atoms with Gasteiger partial charge in [0, 0.05) is 20.6 Å². The molecule has 0 radical (unpaired) electrons. The zero-order chi connectivity index (χ0) is 17.7. The summed E-state index contributed by atoms with van der Waals surface area (Å²) in [4.78, 5) is 11.3. The van der Waals surface area contributed by atoms with Crippen LogP contribution in [0.2, 0.25) is 0 Å². The molecule has 0 saturated carbocycles. The number of carbonyl (C=O) groups excluding carboxylic acids is 1. The van der Waals surface area contributed by atoms with Gasteiger partial charge in [0.1, 0.15) is 0 Å².